The Morgan fingerprint density at radius 2 is 1.69 bits per heavy atom. The third-order valence-electron chi connectivity index (χ3n) is 5.90. The van der Waals surface area contributed by atoms with Crippen molar-refractivity contribution in [3.05, 3.63) is 92.4 Å². The van der Waals surface area contributed by atoms with E-state index in [0.29, 0.717) is 20.9 Å². The molecule has 0 saturated heterocycles. The summed E-state index contributed by atoms with van der Waals surface area (Å²) >= 11 is 6.68. The highest BCUT2D eigenvalue weighted by Gasteiger charge is 2.31. The number of nitrogens with zero attached hydrogens (tertiary/aromatic N) is 3. The fourth-order valence-corrected chi connectivity index (χ4v) is 6.99. The van der Waals surface area contributed by atoms with Crippen LogP contribution in [0, 0.1) is 0 Å². The highest BCUT2D eigenvalue weighted by molar-refractivity contribution is 9.11. The maximum Gasteiger partial charge on any atom is 0.240 e. The number of hydrogen-bond acceptors (Lipinski definition) is 5. The van der Waals surface area contributed by atoms with Crippen LogP contribution in [0.15, 0.2) is 85.7 Å². The standard InChI is InChI=1S/C26H25Br2N3O3S/c1-17(32)31-25(20-8-11-22(12-9-20)30(2)3)15-24(29-31)19-6-4-18(5-7-19)16-35(33,34)26-14-21(27)10-13-23(26)28/h4-14,25H,15-16H2,1-3H3. The first-order valence-corrected chi connectivity index (χ1v) is 14.2. The number of hydrazone groups is 1. The largest absolute Gasteiger partial charge is 0.378 e. The van der Waals surface area contributed by atoms with E-state index in [1.807, 2.05) is 55.4 Å². The van der Waals surface area contributed by atoms with Crippen molar-refractivity contribution in [1.29, 1.82) is 0 Å². The van der Waals surface area contributed by atoms with Crippen LogP contribution in [0.25, 0.3) is 0 Å². The lowest BCUT2D eigenvalue weighted by Gasteiger charge is -2.21. The molecule has 1 atom stereocenters. The van der Waals surface area contributed by atoms with Crippen LogP contribution in [0.3, 0.4) is 0 Å². The van der Waals surface area contributed by atoms with Crippen LogP contribution < -0.4 is 4.90 Å². The van der Waals surface area contributed by atoms with Gasteiger partial charge in [0.1, 0.15) is 0 Å². The van der Waals surface area contributed by atoms with Crippen LogP contribution in [0.5, 0.6) is 0 Å². The minimum absolute atomic E-state index is 0.116. The Hall–Kier alpha value is -2.49. The number of sulfone groups is 1. The number of hydrogen-bond donors (Lipinski definition) is 0. The van der Waals surface area contributed by atoms with Crippen molar-refractivity contribution in [1.82, 2.24) is 5.01 Å². The molecule has 0 N–H and O–H groups in total. The smallest absolute Gasteiger partial charge is 0.240 e. The van der Waals surface area contributed by atoms with E-state index in [0.717, 1.165) is 22.5 Å². The number of carbonyl (C=O) groups is 1. The third kappa shape index (κ3) is 5.68. The molecule has 1 amide bonds. The van der Waals surface area contributed by atoms with Crippen molar-refractivity contribution >= 4 is 59.0 Å². The zero-order valence-corrected chi connectivity index (χ0v) is 23.6. The van der Waals surface area contributed by atoms with E-state index in [-0.39, 0.29) is 22.6 Å². The average molecular weight is 619 g/mol. The Morgan fingerprint density at radius 1 is 1.03 bits per heavy atom. The van der Waals surface area contributed by atoms with Gasteiger partial charge in [-0.05, 0) is 63.0 Å². The first kappa shape index (κ1) is 25.6. The van der Waals surface area contributed by atoms with Crippen molar-refractivity contribution in [2.75, 3.05) is 19.0 Å². The second kappa shape index (κ2) is 10.2. The molecule has 3 aromatic rings. The SMILES string of the molecule is CC(=O)N1N=C(c2ccc(CS(=O)(=O)c3cc(Br)ccc3Br)cc2)CC1c1ccc(N(C)C)cc1. The Bertz CT molecular complexity index is 1390. The molecule has 0 bridgehead atoms. The molecule has 0 spiro atoms. The van der Waals surface area contributed by atoms with Gasteiger partial charge in [0.25, 0.3) is 0 Å². The van der Waals surface area contributed by atoms with E-state index in [4.69, 9.17) is 0 Å². The second-order valence-electron chi connectivity index (χ2n) is 8.65. The molecule has 4 rings (SSSR count). The third-order valence-corrected chi connectivity index (χ3v) is 9.07. The number of rotatable bonds is 6. The van der Waals surface area contributed by atoms with Gasteiger partial charge < -0.3 is 4.90 Å². The number of carbonyl (C=O) groups excluding carboxylic acids is 1. The van der Waals surface area contributed by atoms with E-state index in [1.54, 1.807) is 30.3 Å². The number of anilines is 1. The topological polar surface area (TPSA) is 70.0 Å². The molecule has 3 aromatic carbocycles. The highest BCUT2D eigenvalue weighted by Crippen LogP contribution is 2.34. The monoisotopic (exact) mass is 617 g/mol. The summed E-state index contributed by atoms with van der Waals surface area (Å²) in [4.78, 5) is 14.6. The van der Waals surface area contributed by atoms with E-state index >= 15 is 0 Å². The molecule has 1 heterocycles. The molecule has 0 radical (unpaired) electrons. The van der Waals surface area contributed by atoms with Gasteiger partial charge in [0, 0.05) is 42.1 Å². The predicted molar refractivity (Wildman–Crippen MR) is 146 cm³/mol. The Labute approximate surface area is 222 Å². The molecule has 1 unspecified atom stereocenters. The van der Waals surface area contributed by atoms with Crippen LogP contribution in [0.1, 0.15) is 36.1 Å². The Balaban J connectivity index is 1.54. The molecule has 1 aliphatic rings. The fourth-order valence-electron chi connectivity index (χ4n) is 4.04. The first-order valence-electron chi connectivity index (χ1n) is 11.0. The molecule has 9 heteroatoms. The van der Waals surface area contributed by atoms with Gasteiger partial charge in [0.2, 0.25) is 5.91 Å². The number of benzene rings is 3. The van der Waals surface area contributed by atoms with Gasteiger partial charge in [0.05, 0.1) is 22.4 Å². The van der Waals surface area contributed by atoms with Crippen LogP contribution >= 0.6 is 31.9 Å². The van der Waals surface area contributed by atoms with Crippen LogP contribution in [-0.2, 0) is 20.4 Å². The minimum Gasteiger partial charge on any atom is -0.378 e. The van der Waals surface area contributed by atoms with E-state index in [1.165, 1.54) is 11.9 Å². The first-order chi connectivity index (χ1) is 16.5. The van der Waals surface area contributed by atoms with Crippen LogP contribution in [-0.4, -0.2) is 39.1 Å². The van der Waals surface area contributed by atoms with E-state index in [2.05, 4.69) is 37.0 Å². The summed E-state index contributed by atoms with van der Waals surface area (Å²) in [6.45, 7) is 1.52. The fraction of sp³-hybridized carbons (Fsp3) is 0.231. The maximum atomic E-state index is 13.0. The molecule has 0 saturated carbocycles. The normalized spacial score (nSPS) is 15.7. The zero-order valence-electron chi connectivity index (χ0n) is 19.6. The van der Waals surface area contributed by atoms with Gasteiger partial charge in [-0.3, -0.25) is 4.79 Å². The molecule has 1 aliphatic heterocycles. The van der Waals surface area contributed by atoms with Crippen molar-refractivity contribution in [2.24, 2.45) is 5.10 Å². The zero-order chi connectivity index (χ0) is 25.3. The lowest BCUT2D eigenvalue weighted by atomic mass is 9.97. The number of amides is 1. The summed E-state index contributed by atoms with van der Waals surface area (Å²) in [5.74, 6) is -0.237. The van der Waals surface area contributed by atoms with Crippen molar-refractivity contribution < 1.29 is 13.2 Å². The Morgan fingerprint density at radius 3 is 2.29 bits per heavy atom. The molecule has 35 heavy (non-hydrogen) atoms. The molecule has 6 nitrogen and oxygen atoms in total. The lowest BCUT2D eigenvalue weighted by Crippen LogP contribution is -2.24. The lowest BCUT2D eigenvalue weighted by molar-refractivity contribution is -0.130. The van der Waals surface area contributed by atoms with E-state index in [9.17, 15) is 13.2 Å². The van der Waals surface area contributed by atoms with Gasteiger partial charge >= 0.3 is 0 Å². The van der Waals surface area contributed by atoms with Crippen molar-refractivity contribution in [3.8, 4) is 0 Å². The van der Waals surface area contributed by atoms with Gasteiger partial charge in [0.15, 0.2) is 9.84 Å². The summed E-state index contributed by atoms with van der Waals surface area (Å²) < 4.78 is 27.2. The molecule has 0 fully saturated rings. The van der Waals surface area contributed by atoms with Crippen LogP contribution in [0.4, 0.5) is 5.69 Å². The van der Waals surface area contributed by atoms with Crippen molar-refractivity contribution in [3.63, 3.8) is 0 Å². The highest BCUT2D eigenvalue weighted by atomic mass is 79.9. The molecule has 182 valence electrons. The van der Waals surface area contributed by atoms with E-state index < -0.39 is 9.84 Å². The number of halogens is 2. The Kier molecular flexibility index (Phi) is 7.49. The summed E-state index contributed by atoms with van der Waals surface area (Å²) in [7, 11) is 0.436. The van der Waals surface area contributed by atoms with Crippen molar-refractivity contribution in [2.45, 2.75) is 30.0 Å². The second-order valence-corrected chi connectivity index (χ2v) is 12.4. The minimum atomic E-state index is -3.54. The van der Waals surface area contributed by atoms with Gasteiger partial charge in [-0.2, -0.15) is 5.10 Å². The summed E-state index contributed by atoms with van der Waals surface area (Å²) in [5.41, 5.74) is 4.45. The molecular formula is C26H25Br2N3O3S. The summed E-state index contributed by atoms with van der Waals surface area (Å²) in [5, 5.41) is 6.14. The van der Waals surface area contributed by atoms with Gasteiger partial charge in [-0.15, -0.1) is 0 Å². The van der Waals surface area contributed by atoms with Gasteiger partial charge in [-0.1, -0.05) is 52.3 Å². The van der Waals surface area contributed by atoms with Gasteiger partial charge in [-0.25, -0.2) is 13.4 Å². The molecular weight excluding hydrogens is 594 g/mol. The van der Waals surface area contributed by atoms with Crippen LogP contribution in [0.2, 0.25) is 0 Å². The quantitative estimate of drug-likeness (QED) is 0.342. The average Bonchev–Trinajstić information content (AvgIpc) is 3.27. The summed E-state index contributed by atoms with van der Waals surface area (Å²) in [6, 6.07) is 20.4. The molecule has 0 aromatic heterocycles. The predicted octanol–water partition coefficient (Wildman–Crippen LogP) is 5.95. The molecule has 0 aliphatic carbocycles. The maximum absolute atomic E-state index is 13.0. The summed E-state index contributed by atoms with van der Waals surface area (Å²) in [6.07, 6.45) is 0.587.